The molecule has 32 heavy (non-hydrogen) atoms. The van der Waals surface area contributed by atoms with Crippen LogP contribution in [0.1, 0.15) is 30.5 Å². The molecule has 6 heteroatoms. The molecule has 0 unspecified atom stereocenters. The fourth-order valence-electron chi connectivity index (χ4n) is 3.68. The minimum Gasteiger partial charge on any atom is -0.487 e. The summed E-state index contributed by atoms with van der Waals surface area (Å²) in [5, 5.41) is 1.57. The number of carbonyl (C=O) groups is 1. The van der Waals surface area contributed by atoms with E-state index in [9.17, 15) is 4.79 Å². The maximum Gasteiger partial charge on any atom is 0.259 e. The number of halogens is 3. The number of benzene rings is 3. The van der Waals surface area contributed by atoms with Gasteiger partial charge in [0.1, 0.15) is 12.4 Å². The van der Waals surface area contributed by atoms with E-state index < -0.39 is 0 Å². The standard InChI is InChI=1S/C26H22Cl3NO2/c1-16(2)14-30-24-6-4-3-5-20(24)21(26(30)31)11-17-7-10-25(23(29)12-17)32-15-18-8-9-19(27)13-22(18)28/h3-13,16H,14-15H2,1-2H3/b21-11-. The molecule has 0 aromatic heterocycles. The fourth-order valence-corrected chi connectivity index (χ4v) is 4.38. The van der Waals surface area contributed by atoms with Crippen molar-refractivity contribution in [3.63, 3.8) is 0 Å². The van der Waals surface area contributed by atoms with Gasteiger partial charge in [-0.05, 0) is 47.9 Å². The first-order valence-electron chi connectivity index (χ1n) is 10.3. The summed E-state index contributed by atoms with van der Waals surface area (Å²) >= 11 is 18.6. The molecule has 1 aliphatic rings. The van der Waals surface area contributed by atoms with Gasteiger partial charge >= 0.3 is 0 Å². The highest BCUT2D eigenvalue weighted by Gasteiger charge is 2.32. The summed E-state index contributed by atoms with van der Waals surface area (Å²) in [6, 6.07) is 18.6. The molecule has 0 spiro atoms. The van der Waals surface area contributed by atoms with Gasteiger partial charge in [-0.3, -0.25) is 4.79 Å². The van der Waals surface area contributed by atoms with E-state index in [1.54, 1.807) is 24.3 Å². The highest BCUT2D eigenvalue weighted by Crippen LogP contribution is 2.38. The number of hydrogen-bond acceptors (Lipinski definition) is 2. The van der Waals surface area contributed by atoms with Crippen LogP contribution in [0.4, 0.5) is 5.69 Å². The van der Waals surface area contributed by atoms with Gasteiger partial charge < -0.3 is 9.64 Å². The van der Waals surface area contributed by atoms with Crippen molar-refractivity contribution in [1.82, 2.24) is 0 Å². The smallest absolute Gasteiger partial charge is 0.259 e. The topological polar surface area (TPSA) is 29.5 Å². The molecule has 3 aromatic carbocycles. The minimum atomic E-state index is 0.00808. The first-order valence-corrected chi connectivity index (χ1v) is 11.5. The van der Waals surface area contributed by atoms with Gasteiger partial charge in [0.2, 0.25) is 0 Å². The summed E-state index contributed by atoms with van der Waals surface area (Å²) < 4.78 is 5.85. The van der Waals surface area contributed by atoms with Crippen molar-refractivity contribution in [3.05, 3.63) is 92.4 Å². The Hall–Kier alpha value is -2.46. The normalized spacial score (nSPS) is 14.4. The molecule has 0 aliphatic carbocycles. The maximum absolute atomic E-state index is 13.1. The Morgan fingerprint density at radius 3 is 2.47 bits per heavy atom. The average molecular weight is 487 g/mol. The highest BCUT2D eigenvalue weighted by atomic mass is 35.5. The minimum absolute atomic E-state index is 0.00808. The molecular formula is C26H22Cl3NO2. The lowest BCUT2D eigenvalue weighted by atomic mass is 10.0. The van der Waals surface area contributed by atoms with E-state index in [2.05, 4.69) is 13.8 Å². The SMILES string of the molecule is CC(C)CN1C(=O)/C(=C\c2ccc(OCc3ccc(Cl)cc3Cl)c(Cl)c2)c2ccccc21. The predicted octanol–water partition coefficient (Wildman–Crippen LogP) is 7.77. The lowest BCUT2D eigenvalue weighted by Gasteiger charge is -2.19. The van der Waals surface area contributed by atoms with Crippen LogP contribution >= 0.6 is 34.8 Å². The summed E-state index contributed by atoms with van der Waals surface area (Å²) in [6.07, 6.45) is 1.88. The van der Waals surface area contributed by atoms with E-state index in [1.165, 1.54) is 0 Å². The van der Waals surface area contributed by atoms with Crippen LogP contribution in [-0.2, 0) is 11.4 Å². The molecule has 1 aliphatic heterocycles. The van der Waals surface area contributed by atoms with E-state index in [1.807, 2.05) is 47.4 Å². The second-order valence-corrected chi connectivity index (χ2v) is 9.35. The molecule has 0 fully saturated rings. The Morgan fingerprint density at radius 1 is 0.969 bits per heavy atom. The van der Waals surface area contributed by atoms with E-state index in [0.717, 1.165) is 22.4 Å². The molecule has 3 aromatic rings. The number of para-hydroxylation sites is 1. The largest absolute Gasteiger partial charge is 0.487 e. The molecule has 4 rings (SSSR count). The third-order valence-electron chi connectivity index (χ3n) is 5.17. The lowest BCUT2D eigenvalue weighted by Crippen LogP contribution is -2.30. The van der Waals surface area contributed by atoms with Crippen molar-refractivity contribution < 1.29 is 9.53 Å². The first-order chi connectivity index (χ1) is 15.3. The molecule has 0 saturated heterocycles. The zero-order chi connectivity index (χ0) is 22.8. The van der Waals surface area contributed by atoms with Gasteiger partial charge in [0.05, 0.1) is 10.7 Å². The monoisotopic (exact) mass is 485 g/mol. The van der Waals surface area contributed by atoms with Crippen molar-refractivity contribution in [1.29, 1.82) is 0 Å². The van der Waals surface area contributed by atoms with Gasteiger partial charge in [-0.2, -0.15) is 0 Å². The maximum atomic E-state index is 13.1. The Bertz CT molecular complexity index is 1200. The molecule has 1 heterocycles. The average Bonchev–Trinajstić information content (AvgIpc) is 3.00. The summed E-state index contributed by atoms with van der Waals surface area (Å²) in [5.41, 5.74) is 4.20. The predicted molar refractivity (Wildman–Crippen MR) is 134 cm³/mol. The van der Waals surface area contributed by atoms with Crippen LogP contribution in [0, 0.1) is 5.92 Å². The number of rotatable bonds is 6. The third-order valence-corrected chi connectivity index (χ3v) is 6.06. The van der Waals surface area contributed by atoms with E-state index >= 15 is 0 Å². The van der Waals surface area contributed by atoms with E-state index in [-0.39, 0.29) is 12.5 Å². The molecule has 0 radical (unpaired) electrons. The van der Waals surface area contributed by atoms with Crippen LogP contribution < -0.4 is 9.64 Å². The van der Waals surface area contributed by atoms with Gasteiger partial charge in [0, 0.05) is 33.3 Å². The molecule has 0 bridgehead atoms. The number of ether oxygens (including phenoxy) is 1. The van der Waals surface area contributed by atoms with Crippen molar-refractivity contribution in [2.24, 2.45) is 5.92 Å². The molecule has 3 nitrogen and oxygen atoms in total. The van der Waals surface area contributed by atoms with E-state index in [0.29, 0.717) is 38.9 Å². The summed E-state index contributed by atoms with van der Waals surface area (Å²) in [5.74, 6) is 0.916. The van der Waals surface area contributed by atoms with Crippen LogP contribution in [0.5, 0.6) is 5.75 Å². The third kappa shape index (κ3) is 4.80. The zero-order valence-electron chi connectivity index (χ0n) is 17.7. The number of amides is 1. The zero-order valence-corrected chi connectivity index (χ0v) is 20.0. The van der Waals surface area contributed by atoms with Gasteiger partial charge in [-0.15, -0.1) is 0 Å². The first kappa shape index (κ1) is 22.7. The second-order valence-electron chi connectivity index (χ2n) is 8.10. The fraction of sp³-hybridized carbons (Fsp3) is 0.192. The number of fused-ring (bicyclic) bond motifs is 1. The van der Waals surface area contributed by atoms with Gasteiger partial charge in [-0.1, -0.05) is 79.0 Å². The molecule has 0 saturated carbocycles. The Labute approximate surface area is 203 Å². The van der Waals surface area contributed by atoms with Crippen LogP contribution in [0.2, 0.25) is 15.1 Å². The van der Waals surface area contributed by atoms with E-state index in [4.69, 9.17) is 39.5 Å². The molecule has 0 atom stereocenters. The number of anilines is 1. The lowest BCUT2D eigenvalue weighted by molar-refractivity contribution is -0.113. The summed E-state index contributed by atoms with van der Waals surface area (Å²) in [7, 11) is 0. The van der Waals surface area contributed by atoms with Crippen molar-refractivity contribution in [3.8, 4) is 5.75 Å². The van der Waals surface area contributed by atoms with Crippen molar-refractivity contribution in [2.75, 3.05) is 11.4 Å². The summed E-state index contributed by atoms with van der Waals surface area (Å²) in [6.45, 7) is 5.15. The highest BCUT2D eigenvalue weighted by molar-refractivity contribution is 6.36. The number of carbonyl (C=O) groups excluding carboxylic acids is 1. The molecule has 164 valence electrons. The summed E-state index contributed by atoms with van der Waals surface area (Å²) in [4.78, 5) is 15.0. The van der Waals surface area contributed by atoms with Crippen LogP contribution in [0.25, 0.3) is 11.6 Å². The van der Waals surface area contributed by atoms with Crippen molar-refractivity contribution >= 4 is 58.0 Å². The molecular weight excluding hydrogens is 465 g/mol. The molecule has 1 amide bonds. The van der Waals surface area contributed by atoms with Gasteiger partial charge in [0.25, 0.3) is 5.91 Å². The Balaban J connectivity index is 1.57. The van der Waals surface area contributed by atoms with Crippen LogP contribution in [0.3, 0.4) is 0 Å². The Kier molecular flexibility index (Phi) is 6.80. The number of hydrogen-bond donors (Lipinski definition) is 0. The Morgan fingerprint density at radius 2 is 1.75 bits per heavy atom. The molecule has 0 N–H and O–H groups in total. The van der Waals surface area contributed by atoms with Gasteiger partial charge in [-0.25, -0.2) is 0 Å². The van der Waals surface area contributed by atoms with Crippen LogP contribution in [-0.4, -0.2) is 12.5 Å². The second kappa shape index (κ2) is 9.58. The van der Waals surface area contributed by atoms with Gasteiger partial charge in [0.15, 0.2) is 0 Å². The van der Waals surface area contributed by atoms with Crippen LogP contribution in [0.15, 0.2) is 60.7 Å². The van der Waals surface area contributed by atoms with Crippen molar-refractivity contribution in [2.45, 2.75) is 20.5 Å². The quantitative estimate of drug-likeness (QED) is 0.333. The number of nitrogens with zero attached hydrogens (tertiary/aromatic N) is 1.